The van der Waals surface area contributed by atoms with E-state index in [0.29, 0.717) is 0 Å². The Hall–Kier alpha value is -5.18. The fraction of sp³-hybridized carbons (Fsp3) is 0.130. The molecule has 0 saturated heterocycles. The van der Waals surface area contributed by atoms with E-state index in [9.17, 15) is 0 Å². The van der Waals surface area contributed by atoms with Gasteiger partial charge in [0.2, 0.25) is 0 Å². The van der Waals surface area contributed by atoms with Crippen molar-refractivity contribution in [2.45, 2.75) is 38.5 Å². The van der Waals surface area contributed by atoms with E-state index in [4.69, 9.17) is 0 Å². The molecule has 0 amide bonds. The van der Waals surface area contributed by atoms with Crippen molar-refractivity contribution in [2.24, 2.45) is 0 Å². The van der Waals surface area contributed by atoms with Crippen molar-refractivity contribution < 1.29 is 0 Å². The fourth-order valence-electron chi connectivity index (χ4n) is 8.72. The average molecular weight is 634 g/mol. The largest absolute Gasteiger partial charge is 0.310 e. The summed E-state index contributed by atoms with van der Waals surface area (Å²) < 4.78 is 2.67. The third-order valence-corrected chi connectivity index (χ3v) is 12.4. The lowest BCUT2D eigenvalue weighted by Gasteiger charge is -2.29. The Morgan fingerprint density at radius 2 is 0.979 bits per heavy atom. The van der Waals surface area contributed by atoms with Crippen LogP contribution in [0.4, 0.5) is 17.1 Å². The standard InChI is InChI=1S/C46H35NS/c1-45(2)40-15-9-6-12-34(40)37-26-31(20-22-41(37)45)47(32-19-21-35-33-11-5-8-14-39(33)46(3,4)42(35)27-32)30-18-17-28-24-38-36-13-7-10-16-43(36)48-44(38)25-29(28)23-30/h5-27H,1-4H3. The van der Waals surface area contributed by atoms with Crippen LogP contribution in [0, 0.1) is 0 Å². The topological polar surface area (TPSA) is 3.24 Å². The first-order chi connectivity index (χ1) is 23.3. The van der Waals surface area contributed by atoms with Gasteiger partial charge in [-0.1, -0.05) is 113 Å². The first-order valence-corrected chi connectivity index (χ1v) is 17.7. The van der Waals surface area contributed by atoms with Crippen LogP contribution in [-0.4, -0.2) is 0 Å². The van der Waals surface area contributed by atoms with Crippen LogP contribution in [0.1, 0.15) is 49.9 Å². The van der Waals surface area contributed by atoms with Gasteiger partial charge in [0.05, 0.1) is 0 Å². The Morgan fingerprint density at radius 1 is 0.396 bits per heavy atom. The number of rotatable bonds is 3. The maximum absolute atomic E-state index is 2.47. The molecular weight excluding hydrogens is 599 g/mol. The van der Waals surface area contributed by atoms with Gasteiger partial charge in [-0.05, 0) is 110 Å². The quantitative estimate of drug-likeness (QED) is 0.187. The second kappa shape index (κ2) is 9.69. The van der Waals surface area contributed by atoms with E-state index < -0.39 is 0 Å². The fourth-order valence-corrected chi connectivity index (χ4v) is 9.86. The lowest BCUT2D eigenvalue weighted by atomic mass is 9.82. The maximum Gasteiger partial charge on any atom is 0.0468 e. The van der Waals surface area contributed by atoms with E-state index in [0.717, 1.165) is 0 Å². The van der Waals surface area contributed by atoms with Gasteiger partial charge in [-0.3, -0.25) is 0 Å². The van der Waals surface area contributed by atoms with Crippen molar-refractivity contribution in [3.05, 3.63) is 162 Å². The molecular formula is C46H35NS. The van der Waals surface area contributed by atoms with Gasteiger partial charge in [0, 0.05) is 48.1 Å². The third-order valence-electron chi connectivity index (χ3n) is 11.2. The molecule has 0 fully saturated rings. The van der Waals surface area contributed by atoms with E-state index in [1.165, 1.54) is 92.5 Å². The molecule has 10 rings (SSSR count). The van der Waals surface area contributed by atoms with Gasteiger partial charge in [0.1, 0.15) is 0 Å². The Kier molecular flexibility index (Phi) is 5.63. The third kappa shape index (κ3) is 3.78. The first-order valence-electron chi connectivity index (χ1n) is 16.9. The van der Waals surface area contributed by atoms with E-state index >= 15 is 0 Å². The summed E-state index contributed by atoms with van der Waals surface area (Å²) in [5.74, 6) is 0. The first kappa shape index (κ1) is 27.9. The van der Waals surface area contributed by atoms with Crippen molar-refractivity contribution in [1.29, 1.82) is 0 Å². The monoisotopic (exact) mass is 633 g/mol. The summed E-state index contributed by atoms with van der Waals surface area (Å²) in [6, 6.07) is 52.6. The van der Waals surface area contributed by atoms with Crippen LogP contribution >= 0.6 is 11.3 Å². The van der Waals surface area contributed by atoms with Gasteiger partial charge in [-0.15, -0.1) is 11.3 Å². The van der Waals surface area contributed by atoms with Crippen molar-refractivity contribution in [1.82, 2.24) is 0 Å². The average Bonchev–Trinajstić information content (AvgIpc) is 3.66. The Balaban J connectivity index is 1.19. The van der Waals surface area contributed by atoms with Crippen LogP contribution in [0.15, 0.2) is 140 Å². The summed E-state index contributed by atoms with van der Waals surface area (Å²) >= 11 is 1.88. The van der Waals surface area contributed by atoms with E-state index in [2.05, 4.69) is 172 Å². The molecule has 8 aromatic rings. The molecule has 2 heteroatoms. The highest BCUT2D eigenvalue weighted by Gasteiger charge is 2.37. The lowest BCUT2D eigenvalue weighted by Crippen LogP contribution is -2.17. The molecule has 0 N–H and O–H groups in total. The minimum atomic E-state index is -0.0787. The van der Waals surface area contributed by atoms with E-state index in [-0.39, 0.29) is 10.8 Å². The predicted molar refractivity (Wildman–Crippen MR) is 207 cm³/mol. The summed E-state index contributed by atoms with van der Waals surface area (Å²) in [5.41, 5.74) is 14.4. The Labute approximate surface area is 285 Å². The predicted octanol–water partition coefficient (Wildman–Crippen LogP) is 13.3. The number of hydrogen-bond acceptors (Lipinski definition) is 2. The molecule has 1 heterocycles. The molecule has 0 bridgehead atoms. The minimum Gasteiger partial charge on any atom is -0.310 e. The molecule has 230 valence electrons. The van der Waals surface area contributed by atoms with Crippen LogP contribution in [-0.2, 0) is 10.8 Å². The van der Waals surface area contributed by atoms with Gasteiger partial charge in [-0.25, -0.2) is 0 Å². The summed E-state index contributed by atoms with van der Waals surface area (Å²) in [4.78, 5) is 2.47. The van der Waals surface area contributed by atoms with Crippen LogP contribution in [0.5, 0.6) is 0 Å². The Bertz CT molecular complexity index is 2630. The highest BCUT2D eigenvalue weighted by molar-refractivity contribution is 7.25. The highest BCUT2D eigenvalue weighted by atomic mass is 32.1. The number of hydrogen-bond donors (Lipinski definition) is 0. The number of nitrogens with zero attached hydrogens (tertiary/aromatic N) is 1. The van der Waals surface area contributed by atoms with Gasteiger partial charge in [-0.2, -0.15) is 0 Å². The zero-order valence-electron chi connectivity index (χ0n) is 27.6. The SMILES string of the molecule is CC1(C)c2ccccc2-c2cc(N(c3ccc4c(c3)C(C)(C)c3ccccc3-4)c3ccc4cc5c(cc4c3)sc3ccccc35)ccc21. The van der Waals surface area contributed by atoms with Crippen LogP contribution in [0.25, 0.3) is 53.2 Å². The molecule has 0 saturated carbocycles. The second-order valence-corrected chi connectivity index (χ2v) is 15.7. The molecule has 1 nitrogen and oxygen atoms in total. The van der Waals surface area contributed by atoms with Crippen molar-refractivity contribution >= 4 is 59.3 Å². The van der Waals surface area contributed by atoms with Crippen LogP contribution in [0.2, 0.25) is 0 Å². The van der Waals surface area contributed by atoms with Gasteiger partial charge in [0.25, 0.3) is 0 Å². The van der Waals surface area contributed by atoms with Gasteiger partial charge >= 0.3 is 0 Å². The second-order valence-electron chi connectivity index (χ2n) is 14.6. The molecule has 0 spiro atoms. The normalized spacial score (nSPS) is 15.0. The Morgan fingerprint density at radius 3 is 1.79 bits per heavy atom. The van der Waals surface area contributed by atoms with Crippen LogP contribution < -0.4 is 4.90 Å². The summed E-state index contributed by atoms with van der Waals surface area (Å²) in [7, 11) is 0. The van der Waals surface area contributed by atoms with Crippen molar-refractivity contribution in [2.75, 3.05) is 4.90 Å². The molecule has 1 aromatic heterocycles. The highest BCUT2D eigenvalue weighted by Crippen LogP contribution is 2.53. The zero-order valence-corrected chi connectivity index (χ0v) is 28.5. The van der Waals surface area contributed by atoms with Crippen molar-refractivity contribution in [3.8, 4) is 22.3 Å². The summed E-state index contributed by atoms with van der Waals surface area (Å²) in [6.07, 6.45) is 0. The number of benzene rings is 7. The van der Waals surface area contributed by atoms with Crippen molar-refractivity contribution in [3.63, 3.8) is 0 Å². The van der Waals surface area contributed by atoms with E-state index in [1.54, 1.807) is 0 Å². The molecule has 0 aliphatic heterocycles. The molecule has 0 atom stereocenters. The number of thiophene rings is 1. The minimum absolute atomic E-state index is 0.0305. The van der Waals surface area contributed by atoms with Gasteiger partial charge < -0.3 is 4.90 Å². The van der Waals surface area contributed by atoms with Gasteiger partial charge in [0.15, 0.2) is 0 Å². The number of fused-ring (bicyclic) bond motifs is 10. The molecule has 2 aliphatic carbocycles. The molecule has 2 aliphatic rings. The number of anilines is 3. The smallest absolute Gasteiger partial charge is 0.0468 e. The lowest BCUT2D eigenvalue weighted by molar-refractivity contribution is 0.660. The molecule has 7 aromatic carbocycles. The summed E-state index contributed by atoms with van der Waals surface area (Å²) in [6.45, 7) is 9.44. The summed E-state index contributed by atoms with van der Waals surface area (Å²) in [5, 5.41) is 5.21. The molecule has 48 heavy (non-hydrogen) atoms. The zero-order chi connectivity index (χ0) is 32.4. The van der Waals surface area contributed by atoms with E-state index in [1.807, 2.05) is 11.3 Å². The maximum atomic E-state index is 2.47. The molecule has 0 unspecified atom stereocenters. The molecule has 0 radical (unpaired) electrons. The van der Waals surface area contributed by atoms with Crippen LogP contribution in [0.3, 0.4) is 0 Å².